The largest absolute Gasteiger partial charge is 0.457 e. The fourth-order valence-corrected chi connectivity index (χ4v) is 1.74. The molecule has 0 spiro atoms. The fourth-order valence-electron chi connectivity index (χ4n) is 1.61. The topological polar surface area (TPSA) is 34.1 Å². The molecule has 4 heteroatoms. The molecule has 1 aromatic carbocycles. The van der Waals surface area contributed by atoms with Gasteiger partial charge in [0.05, 0.1) is 5.69 Å². The molecule has 0 amide bonds. The van der Waals surface area contributed by atoms with Crippen molar-refractivity contribution in [3.63, 3.8) is 0 Å². The highest BCUT2D eigenvalue weighted by atomic mass is 35.5. The summed E-state index contributed by atoms with van der Waals surface area (Å²) in [6, 6.07) is 11.1. The molecule has 0 saturated heterocycles. The lowest BCUT2D eigenvalue weighted by atomic mass is 10.1. The first-order chi connectivity index (χ1) is 9.42. The van der Waals surface area contributed by atoms with Crippen molar-refractivity contribution < 1.29 is 4.74 Å². The van der Waals surface area contributed by atoms with E-state index in [-0.39, 0.29) is 5.54 Å². The van der Waals surface area contributed by atoms with Gasteiger partial charge in [0.2, 0.25) is 0 Å². The average Bonchev–Trinajstić information content (AvgIpc) is 2.39. The number of halogens is 1. The van der Waals surface area contributed by atoms with E-state index < -0.39 is 0 Å². The van der Waals surface area contributed by atoms with Crippen molar-refractivity contribution in [3.8, 4) is 11.5 Å². The number of hydrogen-bond donors (Lipinski definition) is 1. The second-order valence-electron chi connectivity index (χ2n) is 5.64. The average molecular weight is 291 g/mol. The third-order valence-corrected chi connectivity index (χ3v) is 2.89. The molecule has 1 aromatic heterocycles. The van der Waals surface area contributed by atoms with E-state index in [1.165, 1.54) is 0 Å². The van der Waals surface area contributed by atoms with Crippen LogP contribution in [0.3, 0.4) is 0 Å². The maximum atomic E-state index is 5.85. The van der Waals surface area contributed by atoms with Crippen LogP contribution in [0, 0.1) is 0 Å². The van der Waals surface area contributed by atoms with Gasteiger partial charge in [-0.05, 0) is 51.1 Å². The van der Waals surface area contributed by atoms with Crippen LogP contribution in [0.25, 0.3) is 0 Å². The van der Waals surface area contributed by atoms with Gasteiger partial charge in [0, 0.05) is 29.4 Å². The van der Waals surface area contributed by atoms with E-state index in [0.29, 0.717) is 11.6 Å². The molecular weight excluding hydrogens is 272 g/mol. The Kier molecular flexibility index (Phi) is 4.63. The van der Waals surface area contributed by atoms with Crippen molar-refractivity contribution in [2.45, 2.75) is 32.9 Å². The van der Waals surface area contributed by atoms with Gasteiger partial charge in [0.1, 0.15) is 11.5 Å². The molecule has 0 aliphatic heterocycles. The van der Waals surface area contributed by atoms with E-state index in [9.17, 15) is 0 Å². The van der Waals surface area contributed by atoms with E-state index in [0.717, 1.165) is 17.2 Å². The molecule has 0 fully saturated rings. The van der Waals surface area contributed by atoms with Crippen LogP contribution in [0.2, 0.25) is 5.02 Å². The number of aromatic nitrogens is 1. The molecule has 0 unspecified atom stereocenters. The minimum atomic E-state index is 0.0642. The summed E-state index contributed by atoms with van der Waals surface area (Å²) in [7, 11) is 0. The van der Waals surface area contributed by atoms with E-state index in [1.54, 1.807) is 18.3 Å². The first-order valence-corrected chi connectivity index (χ1v) is 6.93. The summed E-state index contributed by atoms with van der Waals surface area (Å²) in [4.78, 5) is 4.33. The summed E-state index contributed by atoms with van der Waals surface area (Å²) < 4.78 is 5.78. The molecule has 106 valence electrons. The number of rotatable bonds is 4. The first-order valence-electron chi connectivity index (χ1n) is 6.56. The second-order valence-corrected chi connectivity index (χ2v) is 6.08. The molecule has 3 nitrogen and oxygen atoms in total. The zero-order valence-electron chi connectivity index (χ0n) is 12.0. The Morgan fingerprint density at radius 3 is 2.45 bits per heavy atom. The lowest BCUT2D eigenvalue weighted by molar-refractivity contribution is 0.419. The lowest BCUT2D eigenvalue weighted by Crippen LogP contribution is -2.35. The molecule has 0 aliphatic rings. The van der Waals surface area contributed by atoms with E-state index in [4.69, 9.17) is 16.3 Å². The van der Waals surface area contributed by atoms with Crippen LogP contribution in [0.4, 0.5) is 0 Å². The Balaban J connectivity index is 2.04. The van der Waals surface area contributed by atoms with Crippen LogP contribution in [0.15, 0.2) is 42.6 Å². The summed E-state index contributed by atoms with van der Waals surface area (Å²) in [6.45, 7) is 7.09. The lowest BCUT2D eigenvalue weighted by Gasteiger charge is -2.20. The Bertz CT molecular complexity index is 561. The Hall–Kier alpha value is -1.58. The summed E-state index contributed by atoms with van der Waals surface area (Å²) in [5.41, 5.74) is 1.01. The molecule has 20 heavy (non-hydrogen) atoms. The Morgan fingerprint density at radius 2 is 1.80 bits per heavy atom. The number of ether oxygens (including phenoxy) is 1. The zero-order chi connectivity index (χ0) is 14.6. The Labute approximate surface area is 124 Å². The van der Waals surface area contributed by atoms with Crippen molar-refractivity contribution in [3.05, 3.63) is 53.3 Å². The number of pyridine rings is 1. The van der Waals surface area contributed by atoms with Gasteiger partial charge in [-0.15, -0.1) is 0 Å². The minimum absolute atomic E-state index is 0.0642. The van der Waals surface area contributed by atoms with Crippen LogP contribution in [-0.2, 0) is 6.54 Å². The van der Waals surface area contributed by atoms with Crippen LogP contribution >= 0.6 is 11.6 Å². The van der Waals surface area contributed by atoms with Gasteiger partial charge in [0.25, 0.3) is 0 Å². The number of benzene rings is 1. The molecule has 0 aliphatic carbocycles. The standard InChI is InChI=1S/C16H19ClN2O/c1-16(2,3)19-11-13-10-15(8-9-18-13)20-14-6-4-12(17)5-7-14/h4-10,19H,11H2,1-3H3. The zero-order valence-corrected chi connectivity index (χ0v) is 12.7. The highest BCUT2D eigenvalue weighted by Crippen LogP contribution is 2.23. The summed E-state index contributed by atoms with van der Waals surface area (Å²) >= 11 is 5.85. The third kappa shape index (κ3) is 4.83. The van der Waals surface area contributed by atoms with Gasteiger partial charge < -0.3 is 10.1 Å². The number of hydrogen-bond acceptors (Lipinski definition) is 3. The summed E-state index contributed by atoms with van der Waals surface area (Å²) in [5, 5.41) is 4.10. The quantitative estimate of drug-likeness (QED) is 0.905. The third-order valence-electron chi connectivity index (χ3n) is 2.64. The predicted molar refractivity (Wildman–Crippen MR) is 82.4 cm³/mol. The minimum Gasteiger partial charge on any atom is -0.457 e. The maximum Gasteiger partial charge on any atom is 0.130 e. The van der Waals surface area contributed by atoms with Crippen molar-refractivity contribution in [1.82, 2.24) is 10.3 Å². The van der Waals surface area contributed by atoms with Gasteiger partial charge >= 0.3 is 0 Å². The SMILES string of the molecule is CC(C)(C)NCc1cc(Oc2ccc(Cl)cc2)ccn1. The van der Waals surface area contributed by atoms with Crippen molar-refractivity contribution >= 4 is 11.6 Å². The van der Waals surface area contributed by atoms with Crippen molar-refractivity contribution in [2.24, 2.45) is 0 Å². The molecule has 0 radical (unpaired) electrons. The van der Waals surface area contributed by atoms with Crippen LogP contribution < -0.4 is 10.1 Å². The number of nitrogens with zero attached hydrogens (tertiary/aromatic N) is 1. The van der Waals surface area contributed by atoms with Gasteiger partial charge in [0.15, 0.2) is 0 Å². The van der Waals surface area contributed by atoms with Gasteiger partial charge in [-0.3, -0.25) is 4.98 Å². The molecule has 2 aromatic rings. The summed E-state index contributed by atoms with van der Waals surface area (Å²) in [5.74, 6) is 1.53. The van der Waals surface area contributed by atoms with E-state index >= 15 is 0 Å². The second kappa shape index (κ2) is 6.25. The van der Waals surface area contributed by atoms with Crippen LogP contribution in [0.1, 0.15) is 26.5 Å². The molecule has 1 heterocycles. The monoisotopic (exact) mass is 290 g/mol. The molecule has 0 saturated carbocycles. The normalized spacial score (nSPS) is 11.4. The highest BCUT2D eigenvalue weighted by Gasteiger charge is 2.09. The highest BCUT2D eigenvalue weighted by molar-refractivity contribution is 6.30. The van der Waals surface area contributed by atoms with E-state index in [1.807, 2.05) is 24.3 Å². The predicted octanol–water partition coefficient (Wildman–Crippen LogP) is 4.42. The van der Waals surface area contributed by atoms with Gasteiger partial charge in [-0.25, -0.2) is 0 Å². The molecule has 0 bridgehead atoms. The maximum absolute atomic E-state index is 5.85. The van der Waals surface area contributed by atoms with Gasteiger partial charge in [-0.2, -0.15) is 0 Å². The Morgan fingerprint density at radius 1 is 1.10 bits per heavy atom. The fraction of sp³-hybridized carbons (Fsp3) is 0.312. The van der Waals surface area contributed by atoms with Crippen LogP contribution in [-0.4, -0.2) is 10.5 Å². The first kappa shape index (κ1) is 14.8. The molecule has 2 rings (SSSR count). The van der Waals surface area contributed by atoms with Crippen molar-refractivity contribution in [2.75, 3.05) is 0 Å². The van der Waals surface area contributed by atoms with E-state index in [2.05, 4.69) is 31.1 Å². The van der Waals surface area contributed by atoms with Gasteiger partial charge in [-0.1, -0.05) is 11.6 Å². The summed E-state index contributed by atoms with van der Waals surface area (Å²) in [6.07, 6.45) is 1.75. The van der Waals surface area contributed by atoms with Crippen LogP contribution in [0.5, 0.6) is 11.5 Å². The molecular formula is C16H19ClN2O. The smallest absolute Gasteiger partial charge is 0.130 e. The molecule has 0 atom stereocenters. The number of nitrogens with one attached hydrogen (secondary N) is 1. The molecule has 1 N–H and O–H groups in total. The van der Waals surface area contributed by atoms with Crippen molar-refractivity contribution in [1.29, 1.82) is 0 Å².